The van der Waals surface area contributed by atoms with E-state index in [2.05, 4.69) is 4.72 Å². The molecule has 0 spiro atoms. The van der Waals surface area contributed by atoms with Crippen LogP contribution >= 0.6 is 0 Å². The highest BCUT2D eigenvalue weighted by molar-refractivity contribution is 7.89. The van der Waals surface area contributed by atoms with Gasteiger partial charge in [0, 0.05) is 31.3 Å². The molecule has 5 nitrogen and oxygen atoms in total. The van der Waals surface area contributed by atoms with E-state index in [0.29, 0.717) is 31.1 Å². The van der Waals surface area contributed by atoms with Crippen LogP contribution in [0.1, 0.15) is 35.2 Å². The lowest BCUT2D eigenvalue weighted by molar-refractivity contribution is 0.0687. The van der Waals surface area contributed by atoms with Crippen molar-refractivity contribution in [3.05, 3.63) is 65.2 Å². The smallest absolute Gasteiger partial charge is 0.253 e. The predicted octanol–water partition coefficient (Wildman–Crippen LogP) is 3.49. The highest BCUT2D eigenvalue weighted by atomic mass is 32.2. The second-order valence-electron chi connectivity index (χ2n) is 7.36. The third-order valence-electron chi connectivity index (χ3n) is 5.23. The number of piperidine rings is 1. The lowest BCUT2D eigenvalue weighted by Gasteiger charge is -2.32. The summed E-state index contributed by atoms with van der Waals surface area (Å²) in [6.45, 7) is 3.38. The van der Waals surface area contributed by atoms with Gasteiger partial charge in [0.05, 0.1) is 0 Å². The van der Waals surface area contributed by atoms with Crippen LogP contribution in [-0.2, 0) is 10.0 Å². The molecule has 1 heterocycles. The van der Waals surface area contributed by atoms with Crippen LogP contribution in [0, 0.1) is 24.5 Å². The summed E-state index contributed by atoms with van der Waals surface area (Å²) < 4.78 is 53.5. The number of sulfonamides is 1. The molecule has 0 aliphatic carbocycles. The summed E-state index contributed by atoms with van der Waals surface area (Å²) in [5, 5.41) is 0. The second kappa shape index (κ2) is 9.00. The van der Waals surface area contributed by atoms with Gasteiger partial charge in [0.1, 0.15) is 16.5 Å². The van der Waals surface area contributed by atoms with Crippen molar-refractivity contribution < 1.29 is 22.0 Å². The Bertz CT molecular complexity index is 970. The minimum Gasteiger partial charge on any atom is -0.339 e. The van der Waals surface area contributed by atoms with Crippen LogP contribution in [-0.4, -0.2) is 38.9 Å². The molecule has 1 aliphatic heterocycles. The third-order valence-corrected chi connectivity index (χ3v) is 6.72. The summed E-state index contributed by atoms with van der Waals surface area (Å²) in [5.74, 6) is -1.65. The summed E-state index contributed by atoms with van der Waals surface area (Å²) in [5.41, 5.74) is 1.77. The Balaban J connectivity index is 1.47. The summed E-state index contributed by atoms with van der Waals surface area (Å²) in [7, 11) is -4.03. The molecular formula is C21H24F2N2O3S. The van der Waals surface area contributed by atoms with Crippen LogP contribution in [0.3, 0.4) is 0 Å². The summed E-state index contributed by atoms with van der Waals surface area (Å²) in [6.07, 6.45) is 2.16. The first kappa shape index (κ1) is 21.4. The lowest BCUT2D eigenvalue weighted by Crippen LogP contribution is -2.39. The van der Waals surface area contributed by atoms with E-state index in [0.717, 1.165) is 30.5 Å². The number of nitrogens with one attached hydrogen (secondary N) is 1. The van der Waals surface area contributed by atoms with Gasteiger partial charge in [0.15, 0.2) is 0 Å². The van der Waals surface area contributed by atoms with Crippen molar-refractivity contribution in [1.29, 1.82) is 0 Å². The Morgan fingerprint density at radius 2 is 1.76 bits per heavy atom. The molecule has 29 heavy (non-hydrogen) atoms. The quantitative estimate of drug-likeness (QED) is 0.775. The van der Waals surface area contributed by atoms with Gasteiger partial charge in [-0.3, -0.25) is 4.79 Å². The number of rotatable bonds is 6. The van der Waals surface area contributed by atoms with Gasteiger partial charge < -0.3 is 4.90 Å². The number of hydrogen-bond acceptors (Lipinski definition) is 3. The standard InChI is InChI=1S/C21H24F2N2O3S/c1-15-2-4-17(5-3-15)21(26)25-12-9-16(10-13-25)8-11-24-29(27,28)20-7-6-18(22)14-19(20)23/h2-7,14,16,24H,8-13H2,1H3. The fourth-order valence-electron chi connectivity index (χ4n) is 3.47. The van der Waals surface area contributed by atoms with Gasteiger partial charge in [-0.05, 0) is 56.4 Å². The zero-order valence-electron chi connectivity index (χ0n) is 16.2. The number of benzene rings is 2. The third kappa shape index (κ3) is 5.39. The average molecular weight is 422 g/mol. The van der Waals surface area contributed by atoms with E-state index in [4.69, 9.17) is 0 Å². The van der Waals surface area contributed by atoms with E-state index in [9.17, 15) is 22.0 Å². The maximum atomic E-state index is 13.7. The van der Waals surface area contributed by atoms with E-state index >= 15 is 0 Å². The molecule has 1 N–H and O–H groups in total. The molecule has 0 radical (unpaired) electrons. The van der Waals surface area contributed by atoms with Crippen LogP contribution in [0.4, 0.5) is 8.78 Å². The van der Waals surface area contributed by atoms with Gasteiger partial charge in [-0.2, -0.15) is 0 Å². The Morgan fingerprint density at radius 1 is 1.10 bits per heavy atom. The number of carbonyl (C=O) groups excluding carboxylic acids is 1. The van der Waals surface area contributed by atoms with Crippen LogP contribution in [0.2, 0.25) is 0 Å². The zero-order chi connectivity index (χ0) is 21.0. The van der Waals surface area contributed by atoms with Crippen molar-refractivity contribution in [1.82, 2.24) is 9.62 Å². The SMILES string of the molecule is Cc1ccc(C(=O)N2CCC(CCNS(=O)(=O)c3ccc(F)cc3F)CC2)cc1. The van der Waals surface area contributed by atoms with Gasteiger partial charge in [0.2, 0.25) is 10.0 Å². The normalized spacial score (nSPS) is 15.5. The van der Waals surface area contributed by atoms with E-state index in [1.807, 2.05) is 36.1 Å². The first-order chi connectivity index (χ1) is 13.8. The molecule has 1 fully saturated rings. The topological polar surface area (TPSA) is 66.5 Å². The maximum absolute atomic E-state index is 13.7. The number of nitrogens with zero attached hydrogens (tertiary/aromatic N) is 1. The fraction of sp³-hybridized carbons (Fsp3) is 0.381. The largest absolute Gasteiger partial charge is 0.339 e. The Morgan fingerprint density at radius 3 is 2.38 bits per heavy atom. The summed E-state index contributed by atoms with van der Waals surface area (Å²) in [6, 6.07) is 9.86. The van der Waals surface area contributed by atoms with Gasteiger partial charge >= 0.3 is 0 Å². The number of amides is 1. The van der Waals surface area contributed by atoms with Crippen molar-refractivity contribution in [2.45, 2.75) is 31.1 Å². The van der Waals surface area contributed by atoms with Crippen molar-refractivity contribution in [3.63, 3.8) is 0 Å². The maximum Gasteiger partial charge on any atom is 0.253 e. The molecule has 1 saturated heterocycles. The van der Waals surface area contributed by atoms with Crippen LogP contribution in [0.25, 0.3) is 0 Å². The monoisotopic (exact) mass is 422 g/mol. The fourth-order valence-corrected chi connectivity index (χ4v) is 4.58. The first-order valence-corrected chi connectivity index (χ1v) is 11.1. The Kier molecular flexibility index (Phi) is 6.64. The molecule has 0 saturated carbocycles. The molecule has 0 aromatic heterocycles. The molecule has 0 bridgehead atoms. The number of halogens is 2. The van der Waals surface area contributed by atoms with Crippen LogP contribution in [0.15, 0.2) is 47.4 Å². The van der Waals surface area contributed by atoms with Crippen LogP contribution < -0.4 is 4.72 Å². The lowest BCUT2D eigenvalue weighted by atomic mass is 9.93. The molecule has 2 aromatic rings. The predicted molar refractivity (Wildman–Crippen MR) is 106 cm³/mol. The second-order valence-corrected chi connectivity index (χ2v) is 9.10. The summed E-state index contributed by atoms with van der Waals surface area (Å²) >= 11 is 0. The van der Waals surface area contributed by atoms with Gasteiger partial charge in [-0.1, -0.05) is 17.7 Å². The van der Waals surface area contributed by atoms with E-state index < -0.39 is 26.6 Å². The molecule has 1 amide bonds. The molecule has 0 unspecified atom stereocenters. The molecule has 2 aromatic carbocycles. The van der Waals surface area contributed by atoms with E-state index in [-0.39, 0.29) is 18.4 Å². The number of aryl methyl sites for hydroxylation is 1. The zero-order valence-corrected chi connectivity index (χ0v) is 17.0. The average Bonchev–Trinajstić information content (AvgIpc) is 2.68. The van der Waals surface area contributed by atoms with E-state index in [1.54, 1.807) is 0 Å². The van der Waals surface area contributed by atoms with Gasteiger partial charge in [-0.25, -0.2) is 21.9 Å². The number of hydrogen-bond donors (Lipinski definition) is 1. The van der Waals surface area contributed by atoms with Crippen molar-refractivity contribution >= 4 is 15.9 Å². The van der Waals surface area contributed by atoms with Crippen molar-refractivity contribution in [2.75, 3.05) is 19.6 Å². The van der Waals surface area contributed by atoms with E-state index in [1.165, 1.54) is 0 Å². The van der Waals surface area contributed by atoms with Crippen LogP contribution in [0.5, 0.6) is 0 Å². The highest BCUT2D eigenvalue weighted by Crippen LogP contribution is 2.22. The van der Waals surface area contributed by atoms with Crippen molar-refractivity contribution in [3.8, 4) is 0 Å². The summed E-state index contributed by atoms with van der Waals surface area (Å²) in [4.78, 5) is 13.8. The number of likely N-dealkylation sites (tertiary alicyclic amines) is 1. The minimum absolute atomic E-state index is 0.0101. The van der Waals surface area contributed by atoms with Gasteiger partial charge in [0.25, 0.3) is 5.91 Å². The Hall–Kier alpha value is -2.32. The molecule has 3 rings (SSSR count). The molecular weight excluding hydrogens is 398 g/mol. The first-order valence-electron chi connectivity index (χ1n) is 9.57. The molecule has 1 aliphatic rings. The molecule has 156 valence electrons. The Labute approximate surface area is 169 Å². The van der Waals surface area contributed by atoms with Gasteiger partial charge in [-0.15, -0.1) is 0 Å². The highest BCUT2D eigenvalue weighted by Gasteiger charge is 2.24. The minimum atomic E-state index is -4.03. The molecule has 0 atom stereocenters. The van der Waals surface area contributed by atoms with Crippen molar-refractivity contribution in [2.24, 2.45) is 5.92 Å². The molecule has 8 heteroatoms. The number of carbonyl (C=O) groups is 1.